The van der Waals surface area contributed by atoms with E-state index < -0.39 is 0 Å². The minimum absolute atomic E-state index is 0.0637. The number of fused-ring (bicyclic) bond motifs is 1. The summed E-state index contributed by atoms with van der Waals surface area (Å²) in [7, 11) is 0. The third-order valence-corrected chi connectivity index (χ3v) is 3.90. The van der Waals surface area contributed by atoms with Crippen LogP contribution in [0.1, 0.15) is 32.2 Å². The second-order valence-electron chi connectivity index (χ2n) is 5.10. The Morgan fingerprint density at radius 2 is 2.40 bits per heavy atom. The van der Waals surface area contributed by atoms with E-state index in [4.69, 9.17) is 21.1 Å². The van der Waals surface area contributed by atoms with E-state index in [1.165, 1.54) is 12.7 Å². The summed E-state index contributed by atoms with van der Waals surface area (Å²) in [6, 6.07) is 2.11. The lowest BCUT2D eigenvalue weighted by Crippen LogP contribution is -2.25. The number of hydrogen-bond acceptors (Lipinski definition) is 4. The average molecular weight is 296 g/mol. The van der Waals surface area contributed by atoms with Crippen LogP contribution >= 0.6 is 11.6 Å². The van der Waals surface area contributed by atoms with E-state index in [1.54, 1.807) is 0 Å². The van der Waals surface area contributed by atoms with Crippen molar-refractivity contribution in [1.82, 2.24) is 14.5 Å². The number of nitrogens with zero attached hydrogens (tertiary/aromatic N) is 3. The Kier molecular flexibility index (Phi) is 4.19. The van der Waals surface area contributed by atoms with Gasteiger partial charge in [-0.3, -0.25) is 0 Å². The lowest BCUT2D eigenvalue weighted by atomic mass is 10.2. The Morgan fingerprint density at radius 3 is 3.20 bits per heavy atom. The molecule has 0 spiro atoms. The maximum Gasteiger partial charge on any atom is 0.157 e. The summed E-state index contributed by atoms with van der Waals surface area (Å²) in [5.74, 6) is 0. The van der Waals surface area contributed by atoms with Crippen molar-refractivity contribution in [3.8, 4) is 0 Å². The maximum absolute atomic E-state index is 6.06. The lowest BCUT2D eigenvalue weighted by Gasteiger charge is -2.24. The van der Waals surface area contributed by atoms with Gasteiger partial charge in [-0.05, 0) is 32.3 Å². The van der Waals surface area contributed by atoms with Crippen molar-refractivity contribution in [2.75, 3.05) is 13.2 Å². The zero-order valence-corrected chi connectivity index (χ0v) is 12.2. The average Bonchev–Trinajstić information content (AvgIpc) is 2.91. The van der Waals surface area contributed by atoms with Gasteiger partial charge in [0.2, 0.25) is 0 Å². The van der Waals surface area contributed by atoms with Crippen LogP contribution in [0.5, 0.6) is 0 Å². The van der Waals surface area contributed by atoms with E-state index in [-0.39, 0.29) is 12.3 Å². The molecule has 0 saturated carbocycles. The van der Waals surface area contributed by atoms with Crippen molar-refractivity contribution in [3.63, 3.8) is 0 Å². The van der Waals surface area contributed by atoms with Gasteiger partial charge in [0.05, 0.1) is 18.0 Å². The standard InChI is InChI=1S/C14H18ClN3O2/c1-10(8-20-12-4-2-3-7-19-12)18-6-5-11-13(15)16-9-17-14(11)18/h5-6,9-10,12H,2-4,7-8H2,1H3/t10-,12?/m0/s1. The fraction of sp³-hybridized carbons (Fsp3) is 0.571. The molecule has 2 aromatic rings. The molecule has 3 heterocycles. The van der Waals surface area contributed by atoms with Crippen molar-refractivity contribution in [2.45, 2.75) is 38.5 Å². The highest BCUT2D eigenvalue weighted by atomic mass is 35.5. The number of hydrogen-bond donors (Lipinski definition) is 0. The van der Waals surface area contributed by atoms with Crippen LogP contribution in [0.4, 0.5) is 0 Å². The zero-order chi connectivity index (χ0) is 13.9. The van der Waals surface area contributed by atoms with Crippen LogP contribution in [0.15, 0.2) is 18.6 Å². The minimum atomic E-state index is -0.0637. The van der Waals surface area contributed by atoms with Gasteiger partial charge in [-0.2, -0.15) is 0 Å². The predicted octanol–water partition coefficient (Wildman–Crippen LogP) is 3.19. The highest BCUT2D eigenvalue weighted by molar-refractivity contribution is 6.33. The smallest absolute Gasteiger partial charge is 0.157 e. The summed E-state index contributed by atoms with van der Waals surface area (Å²) in [6.07, 6.45) is 6.68. The molecule has 0 bridgehead atoms. The summed E-state index contributed by atoms with van der Waals surface area (Å²) in [5, 5.41) is 1.35. The van der Waals surface area contributed by atoms with Crippen LogP contribution < -0.4 is 0 Å². The molecule has 20 heavy (non-hydrogen) atoms. The number of aromatic nitrogens is 3. The molecule has 0 amide bonds. The quantitative estimate of drug-likeness (QED) is 0.813. The van der Waals surface area contributed by atoms with Crippen LogP contribution in [0.3, 0.4) is 0 Å². The molecule has 1 aliphatic rings. The molecule has 0 aromatic carbocycles. The van der Waals surface area contributed by atoms with Gasteiger partial charge < -0.3 is 14.0 Å². The minimum Gasteiger partial charge on any atom is -0.353 e. The van der Waals surface area contributed by atoms with Gasteiger partial charge in [0.1, 0.15) is 17.1 Å². The summed E-state index contributed by atoms with van der Waals surface area (Å²) in [6.45, 7) is 3.49. The van der Waals surface area contributed by atoms with Crippen molar-refractivity contribution in [2.24, 2.45) is 0 Å². The number of halogens is 1. The number of rotatable bonds is 4. The molecule has 1 aliphatic heterocycles. The van der Waals surface area contributed by atoms with Gasteiger partial charge >= 0.3 is 0 Å². The van der Waals surface area contributed by atoms with Crippen LogP contribution in [-0.4, -0.2) is 34.0 Å². The molecule has 0 radical (unpaired) electrons. The molecule has 2 aromatic heterocycles. The molecule has 0 aliphatic carbocycles. The van der Waals surface area contributed by atoms with Crippen LogP contribution in [0.25, 0.3) is 11.0 Å². The molecule has 1 fully saturated rings. The SMILES string of the molecule is C[C@@H](COC1CCCCO1)n1ccc2c(Cl)ncnc21. The molecular weight excluding hydrogens is 278 g/mol. The Bertz CT molecular complexity index is 581. The van der Waals surface area contributed by atoms with Gasteiger partial charge in [-0.1, -0.05) is 11.6 Å². The van der Waals surface area contributed by atoms with Gasteiger partial charge in [-0.15, -0.1) is 0 Å². The number of ether oxygens (including phenoxy) is 2. The van der Waals surface area contributed by atoms with Crippen LogP contribution in [0.2, 0.25) is 5.15 Å². The molecule has 1 unspecified atom stereocenters. The summed E-state index contributed by atoms with van der Waals surface area (Å²) < 4.78 is 13.5. The van der Waals surface area contributed by atoms with E-state index in [1.807, 2.05) is 12.3 Å². The van der Waals surface area contributed by atoms with E-state index in [9.17, 15) is 0 Å². The van der Waals surface area contributed by atoms with E-state index in [0.29, 0.717) is 11.8 Å². The van der Waals surface area contributed by atoms with Crippen LogP contribution in [0, 0.1) is 0 Å². The fourth-order valence-electron chi connectivity index (χ4n) is 2.47. The summed E-state index contributed by atoms with van der Waals surface area (Å²) in [5.41, 5.74) is 0.839. The third-order valence-electron chi connectivity index (χ3n) is 3.60. The third kappa shape index (κ3) is 2.80. The van der Waals surface area contributed by atoms with Gasteiger partial charge in [0.15, 0.2) is 6.29 Å². The van der Waals surface area contributed by atoms with Crippen molar-refractivity contribution < 1.29 is 9.47 Å². The van der Waals surface area contributed by atoms with Crippen molar-refractivity contribution in [1.29, 1.82) is 0 Å². The topological polar surface area (TPSA) is 49.2 Å². The van der Waals surface area contributed by atoms with Crippen molar-refractivity contribution >= 4 is 22.6 Å². The van der Waals surface area contributed by atoms with E-state index >= 15 is 0 Å². The molecule has 2 atom stereocenters. The first kappa shape index (κ1) is 13.8. The molecule has 108 valence electrons. The van der Waals surface area contributed by atoms with E-state index in [0.717, 1.165) is 30.5 Å². The fourth-order valence-corrected chi connectivity index (χ4v) is 2.66. The molecule has 1 saturated heterocycles. The highest BCUT2D eigenvalue weighted by Gasteiger charge is 2.17. The molecule has 5 nitrogen and oxygen atoms in total. The second kappa shape index (κ2) is 6.08. The molecule has 3 rings (SSSR count). The molecule has 6 heteroatoms. The van der Waals surface area contributed by atoms with Crippen molar-refractivity contribution in [3.05, 3.63) is 23.7 Å². The summed E-state index contributed by atoms with van der Waals surface area (Å²) in [4.78, 5) is 8.29. The Balaban J connectivity index is 1.69. The first-order chi connectivity index (χ1) is 9.75. The first-order valence-corrected chi connectivity index (χ1v) is 7.34. The Morgan fingerprint density at radius 1 is 1.50 bits per heavy atom. The Hall–Kier alpha value is -1.17. The first-order valence-electron chi connectivity index (χ1n) is 6.96. The highest BCUT2D eigenvalue weighted by Crippen LogP contribution is 2.24. The van der Waals surface area contributed by atoms with Gasteiger partial charge in [0, 0.05) is 12.8 Å². The van der Waals surface area contributed by atoms with Crippen LogP contribution in [-0.2, 0) is 9.47 Å². The van der Waals surface area contributed by atoms with Gasteiger partial charge in [0.25, 0.3) is 0 Å². The Labute approximate surface area is 122 Å². The largest absolute Gasteiger partial charge is 0.353 e. The lowest BCUT2D eigenvalue weighted by molar-refractivity contribution is -0.166. The monoisotopic (exact) mass is 295 g/mol. The zero-order valence-electron chi connectivity index (χ0n) is 11.5. The molecular formula is C14H18ClN3O2. The molecule has 0 N–H and O–H groups in total. The maximum atomic E-state index is 6.06. The second-order valence-corrected chi connectivity index (χ2v) is 5.46. The van der Waals surface area contributed by atoms with E-state index in [2.05, 4.69) is 21.5 Å². The van der Waals surface area contributed by atoms with Gasteiger partial charge in [-0.25, -0.2) is 9.97 Å². The summed E-state index contributed by atoms with van der Waals surface area (Å²) >= 11 is 6.06. The predicted molar refractivity (Wildman–Crippen MR) is 76.8 cm³/mol. The normalized spacial score (nSPS) is 21.2.